The summed E-state index contributed by atoms with van der Waals surface area (Å²) in [5.41, 5.74) is 4.97. The number of carbonyl (C=O) groups is 1. The van der Waals surface area contributed by atoms with Crippen LogP contribution >= 0.6 is 0 Å². The molecule has 0 bridgehead atoms. The highest BCUT2D eigenvalue weighted by Gasteiger charge is 2.51. The van der Waals surface area contributed by atoms with Crippen LogP contribution in [0.4, 0.5) is 0 Å². The fourth-order valence-corrected chi connectivity index (χ4v) is 7.53. The van der Waals surface area contributed by atoms with E-state index < -0.39 is 11.0 Å². The number of aromatic amines is 1. The summed E-state index contributed by atoms with van der Waals surface area (Å²) in [7, 11) is 0. The van der Waals surface area contributed by atoms with Crippen molar-refractivity contribution in [1.29, 1.82) is 0 Å². The Morgan fingerprint density at radius 2 is 1.76 bits per heavy atom. The topological polar surface area (TPSA) is 108 Å². The molecule has 2 aromatic carbocycles. The third kappa shape index (κ3) is 6.14. The molecule has 1 saturated carbocycles. The van der Waals surface area contributed by atoms with Crippen LogP contribution < -0.4 is 5.56 Å². The van der Waals surface area contributed by atoms with Crippen molar-refractivity contribution in [3.05, 3.63) is 75.7 Å². The maximum absolute atomic E-state index is 14.2. The molecule has 1 fully saturated rings. The number of tetrazole rings is 1. The summed E-state index contributed by atoms with van der Waals surface area (Å²) in [5, 5.41) is 14.6. The quantitative estimate of drug-likeness (QED) is 0.203. The molecule has 45 heavy (non-hydrogen) atoms. The fraction of sp³-hybridized carbons (Fsp3) is 0.528. The predicted molar refractivity (Wildman–Crippen MR) is 175 cm³/mol. The van der Waals surface area contributed by atoms with Crippen molar-refractivity contribution in [2.75, 3.05) is 0 Å². The number of carbonyl (C=O) groups excluding carboxylic acids is 1. The smallest absolute Gasteiger partial charge is 0.314 e. The number of H-pyrrole nitrogens is 1. The van der Waals surface area contributed by atoms with Gasteiger partial charge < -0.3 is 4.74 Å². The lowest BCUT2D eigenvalue weighted by molar-refractivity contribution is -0.175. The van der Waals surface area contributed by atoms with Gasteiger partial charge in [0.25, 0.3) is 5.56 Å². The lowest BCUT2D eigenvalue weighted by atomic mass is 9.67. The van der Waals surface area contributed by atoms with E-state index in [0.717, 1.165) is 97.7 Å². The molecule has 0 amide bonds. The molecule has 9 heteroatoms. The van der Waals surface area contributed by atoms with Gasteiger partial charge in [-0.3, -0.25) is 14.3 Å². The highest BCUT2D eigenvalue weighted by atomic mass is 16.6. The van der Waals surface area contributed by atoms with Crippen LogP contribution in [0.1, 0.15) is 108 Å². The van der Waals surface area contributed by atoms with Crippen LogP contribution in [-0.4, -0.2) is 41.6 Å². The zero-order chi connectivity index (χ0) is 31.6. The van der Waals surface area contributed by atoms with Gasteiger partial charge in [0.05, 0.1) is 11.5 Å². The zero-order valence-electron chi connectivity index (χ0n) is 27.1. The number of aromatic nitrogens is 6. The van der Waals surface area contributed by atoms with Crippen LogP contribution in [0.15, 0.2) is 53.3 Å². The molecule has 6 rings (SSSR count). The molecule has 238 valence electrons. The Morgan fingerprint density at radius 1 is 1.02 bits per heavy atom. The van der Waals surface area contributed by atoms with E-state index in [2.05, 4.69) is 62.6 Å². The number of hydrogen-bond donors (Lipinski definition) is 1. The second kappa shape index (κ2) is 12.8. The standard InChI is InChI=1S/C36H46N6O3/c1-5-6-15-30-29(24-25-17-19-26(20-18-25)27-13-8-9-14-28(27)32-37-39-40-38-32)33(43)41-23-12-16-31(42(30)41)36(21-10-7-11-22-36)34(44)45-35(2,3)4/h8-9,13-14,17-20,31H,5-7,10-12,15-16,21-24H2,1-4H3,(H,37,38,39,40). The van der Waals surface area contributed by atoms with Crippen molar-refractivity contribution in [2.45, 2.75) is 117 Å². The van der Waals surface area contributed by atoms with Gasteiger partial charge in [-0.25, -0.2) is 4.68 Å². The van der Waals surface area contributed by atoms with Crippen molar-refractivity contribution in [2.24, 2.45) is 5.41 Å². The Kier molecular flexibility index (Phi) is 8.80. The monoisotopic (exact) mass is 610 g/mol. The first kappa shape index (κ1) is 31.0. The van der Waals surface area contributed by atoms with E-state index in [0.29, 0.717) is 18.8 Å². The number of benzene rings is 2. The van der Waals surface area contributed by atoms with Gasteiger partial charge in [-0.05, 0) is 81.2 Å². The summed E-state index contributed by atoms with van der Waals surface area (Å²) >= 11 is 0. The van der Waals surface area contributed by atoms with E-state index in [-0.39, 0.29) is 17.6 Å². The molecule has 0 saturated heterocycles. The van der Waals surface area contributed by atoms with Crippen LogP contribution in [0.5, 0.6) is 0 Å². The van der Waals surface area contributed by atoms with Gasteiger partial charge in [0.15, 0.2) is 0 Å². The minimum Gasteiger partial charge on any atom is -0.459 e. The van der Waals surface area contributed by atoms with Gasteiger partial charge in [-0.1, -0.05) is 81.1 Å². The van der Waals surface area contributed by atoms with E-state index in [4.69, 9.17) is 4.74 Å². The minimum absolute atomic E-state index is 0.0706. The molecule has 2 aromatic heterocycles. The van der Waals surface area contributed by atoms with Crippen LogP contribution in [0, 0.1) is 5.41 Å². The molecule has 1 N–H and O–H groups in total. The van der Waals surface area contributed by atoms with Gasteiger partial charge in [0, 0.05) is 29.8 Å². The Labute approximate surface area is 265 Å². The number of unbranched alkanes of at least 4 members (excludes halogenated alkanes) is 1. The second-order valence-corrected chi connectivity index (χ2v) is 13.8. The maximum atomic E-state index is 14.2. The maximum Gasteiger partial charge on any atom is 0.314 e. The third-order valence-corrected chi connectivity index (χ3v) is 9.64. The normalized spacial score (nSPS) is 18.0. The third-order valence-electron chi connectivity index (χ3n) is 9.64. The Hall–Kier alpha value is -4.01. The molecule has 3 heterocycles. The second-order valence-electron chi connectivity index (χ2n) is 13.8. The Bertz CT molecular complexity index is 1670. The summed E-state index contributed by atoms with van der Waals surface area (Å²) in [6, 6.07) is 16.4. The SMILES string of the molecule is CCCCc1c(Cc2ccc(-c3ccccc3-c3nn[nH]n3)cc2)c(=O)n2n1C(C1(C(=O)OC(C)(C)C)CCCCC1)CCC2. The number of nitrogens with zero attached hydrogens (tertiary/aromatic N) is 5. The molecule has 1 unspecified atom stereocenters. The van der Waals surface area contributed by atoms with Gasteiger partial charge in [0.2, 0.25) is 5.82 Å². The van der Waals surface area contributed by atoms with E-state index in [1.807, 2.05) is 43.7 Å². The average molecular weight is 611 g/mol. The Morgan fingerprint density at radius 3 is 2.42 bits per heavy atom. The average Bonchev–Trinajstić information content (AvgIpc) is 3.67. The molecule has 9 nitrogen and oxygen atoms in total. The fourth-order valence-electron chi connectivity index (χ4n) is 7.53. The molecule has 0 spiro atoms. The van der Waals surface area contributed by atoms with E-state index >= 15 is 0 Å². The van der Waals surface area contributed by atoms with Crippen molar-refractivity contribution in [3.63, 3.8) is 0 Å². The van der Waals surface area contributed by atoms with Gasteiger partial charge in [0.1, 0.15) is 5.60 Å². The first-order valence-electron chi connectivity index (χ1n) is 16.7. The van der Waals surface area contributed by atoms with Crippen molar-refractivity contribution >= 4 is 5.97 Å². The van der Waals surface area contributed by atoms with Crippen molar-refractivity contribution in [3.8, 4) is 22.5 Å². The summed E-state index contributed by atoms with van der Waals surface area (Å²) in [6.45, 7) is 8.73. The van der Waals surface area contributed by atoms with E-state index in [1.54, 1.807) is 0 Å². The van der Waals surface area contributed by atoms with Crippen LogP contribution in [-0.2, 0) is 28.9 Å². The number of esters is 1. The molecular formula is C36H46N6O3. The molecular weight excluding hydrogens is 564 g/mol. The highest BCUT2D eigenvalue weighted by Crippen LogP contribution is 2.50. The first-order chi connectivity index (χ1) is 21.7. The number of nitrogens with one attached hydrogen (secondary N) is 1. The first-order valence-corrected chi connectivity index (χ1v) is 16.7. The molecule has 2 aliphatic rings. The number of ether oxygens (including phenoxy) is 1. The molecule has 1 aliphatic carbocycles. The molecule has 1 atom stereocenters. The molecule has 4 aromatic rings. The summed E-state index contributed by atoms with van der Waals surface area (Å²) in [6.07, 6.45) is 9.99. The van der Waals surface area contributed by atoms with Gasteiger partial charge in [-0.2, -0.15) is 5.21 Å². The zero-order valence-corrected chi connectivity index (χ0v) is 27.1. The number of fused-ring (bicyclic) bond motifs is 1. The number of hydrogen-bond acceptors (Lipinski definition) is 6. The summed E-state index contributed by atoms with van der Waals surface area (Å²) < 4.78 is 10.4. The molecule has 0 radical (unpaired) electrons. The van der Waals surface area contributed by atoms with Crippen molar-refractivity contribution < 1.29 is 9.53 Å². The highest BCUT2D eigenvalue weighted by molar-refractivity contribution is 5.80. The van der Waals surface area contributed by atoms with E-state index in [1.165, 1.54) is 0 Å². The lowest BCUT2D eigenvalue weighted by Gasteiger charge is -2.46. The minimum atomic E-state index is -0.606. The van der Waals surface area contributed by atoms with Gasteiger partial charge >= 0.3 is 5.97 Å². The predicted octanol–water partition coefficient (Wildman–Crippen LogP) is 7.06. The summed E-state index contributed by atoms with van der Waals surface area (Å²) in [4.78, 5) is 28.3. The largest absolute Gasteiger partial charge is 0.459 e. The summed E-state index contributed by atoms with van der Waals surface area (Å²) in [5.74, 6) is 0.466. The molecule has 1 aliphatic heterocycles. The van der Waals surface area contributed by atoms with Crippen LogP contribution in [0.3, 0.4) is 0 Å². The number of rotatable bonds is 9. The van der Waals surface area contributed by atoms with Gasteiger partial charge in [-0.15, -0.1) is 10.2 Å². The van der Waals surface area contributed by atoms with Crippen LogP contribution in [0.25, 0.3) is 22.5 Å². The Balaban J connectivity index is 1.37. The van der Waals surface area contributed by atoms with Crippen LogP contribution in [0.2, 0.25) is 0 Å². The van der Waals surface area contributed by atoms with E-state index in [9.17, 15) is 9.59 Å². The lowest BCUT2D eigenvalue weighted by Crippen LogP contribution is -2.48. The van der Waals surface area contributed by atoms with Crippen molar-refractivity contribution in [1.82, 2.24) is 30.0 Å².